The fraction of sp³-hybridized carbons (Fsp3) is 0.417. The van der Waals surface area contributed by atoms with Gasteiger partial charge < -0.3 is 10.2 Å². The molecule has 0 aromatic heterocycles. The van der Waals surface area contributed by atoms with Crippen LogP contribution in [-0.2, 0) is 4.79 Å². The van der Waals surface area contributed by atoms with E-state index >= 15 is 0 Å². The first-order chi connectivity index (χ1) is 14.3. The van der Waals surface area contributed by atoms with Crippen molar-refractivity contribution in [3.63, 3.8) is 0 Å². The molecule has 29 heavy (non-hydrogen) atoms. The smallest absolute Gasteiger partial charge is 0.129 e. The summed E-state index contributed by atoms with van der Waals surface area (Å²) in [6.07, 6.45) is 3.51. The van der Waals surface area contributed by atoms with E-state index in [9.17, 15) is 4.79 Å². The highest BCUT2D eigenvalue weighted by Gasteiger charge is 2.43. The molecule has 0 aliphatic carbocycles. The molecule has 3 atom stereocenters. The third kappa shape index (κ3) is 3.36. The minimum absolute atomic E-state index is 0.326. The van der Waals surface area contributed by atoms with Crippen LogP contribution in [0.2, 0.25) is 0 Å². The monoisotopic (exact) mass is 389 g/mol. The summed E-state index contributed by atoms with van der Waals surface area (Å²) in [4.78, 5) is 14.2. The SMILES string of the molecule is COc1ccc2c(c1)C(=C=O)CN1C[C@H]3CCCN(Nc4ccccc4)[C@H]3C[C@@H]21. The molecule has 5 nitrogen and oxygen atoms in total. The van der Waals surface area contributed by atoms with Gasteiger partial charge in [-0.15, -0.1) is 0 Å². The lowest BCUT2D eigenvalue weighted by atomic mass is 9.76. The summed E-state index contributed by atoms with van der Waals surface area (Å²) in [6.45, 7) is 2.78. The maximum Gasteiger partial charge on any atom is 0.129 e. The van der Waals surface area contributed by atoms with Crippen LogP contribution < -0.4 is 10.2 Å². The molecule has 3 heterocycles. The number of hydrazine groups is 1. The number of ether oxygens (including phenoxy) is 1. The van der Waals surface area contributed by atoms with Gasteiger partial charge in [-0.3, -0.25) is 4.90 Å². The van der Waals surface area contributed by atoms with E-state index in [2.05, 4.69) is 51.6 Å². The zero-order valence-electron chi connectivity index (χ0n) is 16.8. The second kappa shape index (κ2) is 7.68. The van der Waals surface area contributed by atoms with Crippen molar-refractivity contribution < 1.29 is 9.53 Å². The Bertz CT molecular complexity index is 938. The fourth-order valence-corrected chi connectivity index (χ4v) is 5.38. The van der Waals surface area contributed by atoms with E-state index in [1.54, 1.807) is 7.11 Å². The largest absolute Gasteiger partial charge is 0.497 e. The van der Waals surface area contributed by atoms with Crippen molar-refractivity contribution in [2.45, 2.75) is 31.3 Å². The topological polar surface area (TPSA) is 44.8 Å². The molecule has 5 heteroatoms. The molecule has 0 amide bonds. The number of hydrogen-bond donors (Lipinski definition) is 1. The van der Waals surface area contributed by atoms with Crippen molar-refractivity contribution in [2.24, 2.45) is 5.92 Å². The van der Waals surface area contributed by atoms with Gasteiger partial charge >= 0.3 is 0 Å². The van der Waals surface area contributed by atoms with Crippen molar-refractivity contribution in [2.75, 3.05) is 32.2 Å². The Hall–Kier alpha value is -2.59. The van der Waals surface area contributed by atoms with Gasteiger partial charge in [-0.2, -0.15) is 0 Å². The first-order valence-corrected chi connectivity index (χ1v) is 10.5. The van der Waals surface area contributed by atoms with Gasteiger partial charge in [-0.1, -0.05) is 24.3 Å². The second-order valence-corrected chi connectivity index (χ2v) is 8.36. The van der Waals surface area contributed by atoms with Gasteiger partial charge in [0.1, 0.15) is 11.7 Å². The van der Waals surface area contributed by atoms with Gasteiger partial charge in [0.25, 0.3) is 0 Å². The Kier molecular flexibility index (Phi) is 4.88. The van der Waals surface area contributed by atoms with Crippen LogP contribution in [0.5, 0.6) is 5.75 Å². The van der Waals surface area contributed by atoms with Gasteiger partial charge in [0.15, 0.2) is 0 Å². The van der Waals surface area contributed by atoms with Crippen LogP contribution in [-0.4, -0.2) is 48.6 Å². The second-order valence-electron chi connectivity index (χ2n) is 8.36. The summed E-state index contributed by atoms with van der Waals surface area (Å²) in [5.41, 5.74) is 7.81. The Morgan fingerprint density at radius 2 is 2.03 bits per heavy atom. The molecule has 0 saturated carbocycles. The number of fused-ring (bicyclic) bond motifs is 4. The van der Waals surface area contributed by atoms with Crippen LogP contribution in [0.1, 0.15) is 36.4 Å². The molecule has 0 radical (unpaired) electrons. The number of rotatable bonds is 3. The van der Waals surface area contributed by atoms with Gasteiger partial charge in [0.05, 0.1) is 12.7 Å². The predicted molar refractivity (Wildman–Crippen MR) is 114 cm³/mol. The Morgan fingerprint density at radius 3 is 2.83 bits per heavy atom. The molecule has 3 aliphatic rings. The molecule has 3 aliphatic heterocycles. The number of benzene rings is 2. The first-order valence-electron chi connectivity index (χ1n) is 10.5. The minimum Gasteiger partial charge on any atom is -0.497 e. The number of anilines is 1. The molecule has 0 bridgehead atoms. The number of nitrogens with zero attached hydrogens (tertiary/aromatic N) is 2. The molecule has 5 rings (SSSR count). The Labute approximate surface area is 171 Å². The highest BCUT2D eigenvalue weighted by atomic mass is 16.5. The van der Waals surface area contributed by atoms with Crippen LogP contribution in [0.15, 0.2) is 48.5 Å². The highest BCUT2D eigenvalue weighted by Crippen LogP contribution is 2.45. The molecule has 2 fully saturated rings. The standard InChI is InChI=1S/C24H27N3O2/c1-29-20-9-10-21-22(12-20)18(16-28)15-26-14-17-6-5-11-27(23(17)13-24(21)26)25-19-7-3-2-4-8-19/h2-4,7-10,12,17,23-25H,5-6,11,13-15H2,1H3/t17-,23+,24+/m1/s1. The molecular weight excluding hydrogens is 362 g/mol. The quantitative estimate of drug-likeness (QED) is 0.810. The number of nitrogens with one attached hydrogen (secondary N) is 1. The van der Waals surface area contributed by atoms with E-state index in [1.807, 2.05) is 18.2 Å². The Balaban J connectivity index is 1.45. The lowest BCUT2D eigenvalue weighted by Gasteiger charge is -2.52. The maximum absolute atomic E-state index is 11.7. The summed E-state index contributed by atoms with van der Waals surface area (Å²) in [7, 11) is 1.67. The summed E-state index contributed by atoms with van der Waals surface area (Å²) in [6, 6.07) is 17.4. The molecule has 2 aromatic rings. The van der Waals surface area contributed by atoms with E-state index in [0.29, 0.717) is 24.5 Å². The van der Waals surface area contributed by atoms with Crippen LogP contribution in [0, 0.1) is 5.92 Å². The number of hydrogen-bond acceptors (Lipinski definition) is 5. The van der Waals surface area contributed by atoms with E-state index in [4.69, 9.17) is 4.74 Å². The summed E-state index contributed by atoms with van der Waals surface area (Å²) in [5, 5.41) is 2.45. The molecule has 150 valence electrons. The van der Waals surface area contributed by atoms with Gasteiger partial charge in [0, 0.05) is 37.4 Å². The number of methoxy groups -OCH3 is 1. The number of carbonyl (C=O) groups excluding carboxylic acids is 1. The lowest BCUT2D eigenvalue weighted by Crippen LogP contribution is -2.57. The normalized spacial score (nSPS) is 26.7. The Morgan fingerprint density at radius 1 is 1.17 bits per heavy atom. The van der Waals surface area contributed by atoms with Gasteiger partial charge in [-0.25, -0.2) is 9.80 Å². The predicted octanol–water partition coefficient (Wildman–Crippen LogP) is 3.78. The molecule has 0 spiro atoms. The zero-order chi connectivity index (χ0) is 19.8. The van der Waals surface area contributed by atoms with Crippen LogP contribution in [0.25, 0.3) is 5.57 Å². The third-order valence-electron chi connectivity index (χ3n) is 6.77. The van der Waals surface area contributed by atoms with E-state index < -0.39 is 0 Å². The minimum atomic E-state index is 0.326. The van der Waals surface area contributed by atoms with Gasteiger partial charge in [-0.05, 0) is 60.6 Å². The molecule has 2 saturated heterocycles. The van der Waals surface area contributed by atoms with Crippen molar-refractivity contribution in [3.8, 4) is 5.75 Å². The summed E-state index contributed by atoms with van der Waals surface area (Å²) < 4.78 is 5.40. The highest BCUT2D eigenvalue weighted by molar-refractivity contribution is 5.91. The zero-order valence-corrected chi connectivity index (χ0v) is 16.8. The molecule has 2 aromatic carbocycles. The number of para-hydroxylation sites is 1. The summed E-state index contributed by atoms with van der Waals surface area (Å²) in [5.74, 6) is 3.61. The maximum atomic E-state index is 11.7. The van der Waals surface area contributed by atoms with Crippen molar-refractivity contribution in [1.29, 1.82) is 0 Å². The average Bonchev–Trinajstić information content (AvgIpc) is 2.78. The van der Waals surface area contributed by atoms with E-state index in [0.717, 1.165) is 42.1 Å². The number of piperidine rings is 2. The van der Waals surface area contributed by atoms with E-state index in [-0.39, 0.29) is 0 Å². The first kappa shape index (κ1) is 18.4. The molecular formula is C24H27N3O2. The van der Waals surface area contributed by atoms with Crippen LogP contribution >= 0.6 is 0 Å². The van der Waals surface area contributed by atoms with Crippen LogP contribution in [0.3, 0.4) is 0 Å². The summed E-state index contributed by atoms with van der Waals surface area (Å²) >= 11 is 0. The van der Waals surface area contributed by atoms with Gasteiger partial charge in [0.2, 0.25) is 0 Å². The lowest BCUT2D eigenvalue weighted by molar-refractivity contribution is 0.00750. The van der Waals surface area contributed by atoms with Crippen LogP contribution in [0.4, 0.5) is 5.69 Å². The van der Waals surface area contributed by atoms with Crippen molar-refractivity contribution in [1.82, 2.24) is 9.91 Å². The molecule has 0 unspecified atom stereocenters. The molecule has 1 N–H and O–H groups in total. The average molecular weight is 389 g/mol. The fourth-order valence-electron chi connectivity index (χ4n) is 5.38. The van der Waals surface area contributed by atoms with Crippen molar-refractivity contribution >= 4 is 17.2 Å². The van der Waals surface area contributed by atoms with E-state index in [1.165, 1.54) is 18.4 Å². The van der Waals surface area contributed by atoms with Crippen molar-refractivity contribution in [3.05, 3.63) is 59.7 Å². The third-order valence-corrected chi connectivity index (χ3v) is 6.77.